The number of ether oxygens (including phenoxy) is 1. The molecule has 33 heavy (non-hydrogen) atoms. The van der Waals surface area contributed by atoms with Gasteiger partial charge >= 0.3 is 6.09 Å². The Morgan fingerprint density at radius 2 is 2.06 bits per heavy atom. The Balaban J connectivity index is 1.75. The average molecular weight is 463 g/mol. The Morgan fingerprint density at radius 3 is 2.70 bits per heavy atom. The molecule has 0 aromatic carbocycles. The van der Waals surface area contributed by atoms with Crippen LogP contribution in [0.25, 0.3) is 0 Å². The van der Waals surface area contributed by atoms with Gasteiger partial charge in [-0.2, -0.15) is 0 Å². The van der Waals surface area contributed by atoms with Gasteiger partial charge in [-0.3, -0.25) is 19.2 Å². The highest BCUT2D eigenvalue weighted by Gasteiger charge is 2.38. The Hall–Kier alpha value is -3.44. The van der Waals surface area contributed by atoms with Crippen molar-refractivity contribution in [3.63, 3.8) is 0 Å². The van der Waals surface area contributed by atoms with Gasteiger partial charge in [0.05, 0.1) is 12.3 Å². The molecule has 4 N–H and O–H groups in total. The first kappa shape index (κ1) is 24.2. The van der Waals surface area contributed by atoms with Crippen LogP contribution in [-0.2, 0) is 30.3 Å². The number of carbonyl (C=O) groups is 5. The third-order valence-corrected chi connectivity index (χ3v) is 5.59. The van der Waals surface area contributed by atoms with Gasteiger partial charge in [0.1, 0.15) is 24.5 Å². The summed E-state index contributed by atoms with van der Waals surface area (Å²) < 4.78 is 6.33. The van der Waals surface area contributed by atoms with Gasteiger partial charge in [-0.25, -0.2) is 14.3 Å². The van der Waals surface area contributed by atoms with E-state index in [2.05, 4.69) is 15.6 Å². The first-order chi connectivity index (χ1) is 15.7. The lowest BCUT2D eigenvalue weighted by atomic mass is 10.1. The maximum Gasteiger partial charge on any atom is 0.419 e. The van der Waals surface area contributed by atoms with E-state index in [1.165, 1.54) is 22.0 Å². The molecule has 3 unspecified atom stereocenters. The first-order valence-corrected chi connectivity index (χ1v) is 11.0. The number of nitrogens with one attached hydrogen (secondary N) is 2. The number of amides is 4. The Bertz CT molecular complexity index is 928. The molecule has 12 heteroatoms. The predicted octanol–water partition coefficient (Wildman–Crippen LogP) is -0.694. The zero-order valence-electron chi connectivity index (χ0n) is 18.8. The lowest BCUT2D eigenvalue weighted by Gasteiger charge is -2.28. The molecule has 0 aliphatic carbocycles. The van der Waals surface area contributed by atoms with Gasteiger partial charge < -0.3 is 26.0 Å². The molecule has 3 heterocycles. The average Bonchev–Trinajstić information content (AvgIpc) is 3.51. The van der Waals surface area contributed by atoms with Crippen LogP contribution in [0.5, 0.6) is 0 Å². The maximum absolute atomic E-state index is 13.3. The van der Waals surface area contributed by atoms with Crippen molar-refractivity contribution in [2.24, 2.45) is 11.7 Å². The van der Waals surface area contributed by atoms with Gasteiger partial charge in [0, 0.05) is 25.6 Å². The van der Waals surface area contributed by atoms with E-state index in [4.69, 9.17) is 10.5 Å². The number of carbonyl (C=O) groups excluding carboxylic acids is 5. The fourth-order valence-electron chi connectivity index (χ4n) is 3.90. The van der Waals surface area contributed by atoms with Crippen molar-refractivity contribution in [3.05, 3.63) is 18.2 Å². The molecule has 2 aliphatic heterocycles. The summed E-state index contributed by atoms with van der Waals surface area (Å²) in [6.07, 6.45) is 3.73. The van der Waals surface area contributed by atoms with Gasteiger partial charge in [-0.15, -0.1) is 0 Å². The summed E-state index contributed by atoms with van der Waals surface area (Å²) in [5.41, 5.74) is 5.82. The van der Waals surface area contributed by atoms with Gasteiger partial charge in [-0.1, -0.05) is 13.8 Å². The van der Waals surface area contributed by atoms with Crippen LogP contribution in [0.4, 0.5) is 4.79 Å². The zero-order valence-corrected chi connectivity index (χ0v) is 18.8. The van der Waals surface area contributed by atoms with Gasteiger partial charge in [-0.05, 0) is 25.2 Å². The molecule has 1 aromatic heterocycles. The van der Waals surface area contributed by atoms with E-state index >= 15 is 0 Å². The molecule has 0 radical (unpaired) electrons. The monoisotopic (exact) mass is 462 g/mol. The zero-order chi connectivity index (χ0) is 24.1. The highest BCUT2D eigenvalue weighted by Crippen LogP contribution is 2.19. The molecule has 12 nitrogen and oxygen atoms in total. The van der Waals surface area contributed by atoms with Crippen molar-refractivity contribution in [1.82, 2.24) is 25.1 Å². The van der Waals surface area contributed by atoms with E-state index in [1.54, 1.807) is 0 Å². The standard InChI is InChI=1S/C21H30N6O6/c1-12(2)10-33-21(32)26-9-13(23-11-26)8-15(25-19(30)14-5-6-17(28)24-14)20(31)27-7-3-4-16(27)18(22)29/h9,11-12,14-16H,3-8,10H2,1-2H3,(H2,22,29)(H,24,28)(H,25,30). The fraction of sp³-hybridized carbons (Fsp3) is 0.619. The predicted molar refractivity (Wildman–Crippen MR) is 115 cm³/mol. The molecular formula is C21H30N6O6. The number of nitrogens with zero attached hydrogens (tertiary/aromatic N) is 3. The molecule has 2 fully saturated rings. The second-order valence-corrected chi connectivity index (χ2v) is 8.76. The fourth-order valence-corrected chi connectivity index (χ4v) is 3.90. The topological polar surface area (TPSA) is 166 Å². The number of nitrogens with two attached hydrogens (primary N) is 1. The highest BCUT2D eigenvalue weighted by atomic mass is 16.5. The number of primary amides is 1. The summed E-state index contributed by atoms with van der Waals surface area (Å²) in [6.45, 7) is 4.42. The summed E-state index contributed by atoms with van der Waals surface area (Å²) in [5, 5.41) is 5.25. The minimum absolute atomic E-state index is 0.0162. The molecule has 0 spiro atoms. The molecule has 0 bridgehead atoms. The summed E-state index contributed by atoms with van der Waals surface area (Å²) in [6, 6.07) is -2.53. The number of imidazole rings is 1. The molecule has 0 saturated carbocycles. The number of hydrogen-bond acceptors (Lipinski definition) is 7. The lowest BCUT2D eigenvalue weighted by molar-refractivity contribution is -0.140. The highest BCUT2D eigenvalue weighted by molar-refractivity contribution is 5.95. The molecule has 4 amide bonds. The lowest BCUT2D eigenvalue weighted by Crippen LogP contribution is -2.56. The van der Waals surface area contributed by atoms with Crippen LogP contribution in [0.1, 0.15) is 45.2 Å². The molecule has 3 rings (SSSR count). The van der Waals surface area contributed by atoms with Gasteiger partial charge in [0.25, 0.3) is 0 Å². The Morgan fingerprint density at radius 1 is 1.30 bits per heavy atom. The summed E-state index contributed by atoms with van der Waals surface area (Å²) in [5.74, 6) is -1.63. The van der Waals surface area contributed by atoms with Crippen LogP contribution in [0.3, 0.4) is 0 Å². The minimum atomic E-state index is -1.05. The van der Waals surface area contributed by atoms with Crippen LogP contribution in [-0.4, -0.2) is 75.5 Å². The largest absolute Gasteiger partial charge is 0.449 e. The number of aromatic nitrogens is 2. The number of hydrogen-bond donors (Lipinski definition) is 3. The summed E-state index contributed by atoms with van der Waals surface area (Å²) in [4.78, 5) is 66.9. The van der Waals surface area contributed by atoms with E-state index in [0.717, 1.165) is 0 Å². The number of rotatable bonds is 8. The first-order valence-electron chi connectivity index (χ1n) is 11.0. The number of likely N-dealkylation sites (tertiary alicyclic amines) is 1. The normalized spacial score (nSPS) is 21.1. The van der Waals surface area contributed by atoms with Crippen molar-refractivity contribution >= 4 is 29.7 Å². The minimum Gasteiger partial charge on any atom is -0.449 e. The smallest absolute Gasteiger partial charge is 0.419 e. The maximum atomic E-state index is 13.3. The van der Waals surface area contributed by atoms with Crippen LogP contribution in [0, 0.1) is 5.92 Å². The van der Waals surface area contributed by atoms with Crippen molar-refractivity contribution in [3.8, 4) is 0 Å². The van der Waals surface area contributed by atoms with Crippen LogP contribution in [0.15, 0.2) is 12.5 Å². The van der Waals surface area contributed by atoms with E-state index in [0.29, 0.717) is 31.5 Å². The van der Waals surface area contributed by atoms with E-state index < -0.39 is 41.9 Å². The molecule has 2 aliphatic rings. The van der Waals surface area contributed by atoms with Gasteiger partial charge in [0.15, 0.2) is 0 Å². The van der Waals surface area contributed by atoms with E-state index in [9.17, 15) is 24.0 Å². The van der Waals surface area contributed by atoms with Crippen molar-refractivity contribution in [2.75, 3.05) is 13.2 Å². The van der Waals surface area contributed by atoms with Crippen molar-refractivity contribution < 1.29 is 28.7 Å². The molecule has 2 saturated heterocycles. The Labute approximate surface area is 191 Å². The molecule has 3 atom stereocenters. The third-order valence-electron chi connectivity index (χ3n) is 5.59. The van der Waals surface area contributed by atoms with Crippen LogP contribution < -0.4 is 16.4 Å². The van der Waals surface area contributed by atoms with Crippen LogP contribution >= 0.6 is 0 Å². The van der Waals surface area contributed by atoms with Crippen LogP contribution in [0.2, 0.25) is 0 Å². The van der Waals surface area contributed by atoms with E-state index in [1.807, 2.05) is 13.8 Å². The summed E-state index contributed by atoms with van der Waals surface area (Å²) in [7, 11) is 0. The van der Waals surface area contributed by atoms with E-state index in [-0.39, 0.29) is 31.3 Å². The molecule has 1 aromatic rings. The van der Waals surface area contributed by atoms with Gasteiger partial charge in [0.2, 0.25) is 23.6 Å². The van der Waals surface area contributed by atoms with Crippen molar-refractivity contribution in [1.29, 1.82) is 0 Å². The SMILES string of the molecule is CC(C)COC(=O)n1cnc(CC(NC(=O)C2CCC(=O)N2)C(=O)N2CCCC2C(N)=O)c1. The second-order valence-electron chi connectivity index (χ2n) is 8.76. The quantitative estimate of drug-likeness (QED) is 0.460. The second kappa shape index (κ2) is 10.5. The third kappa shape index (κ3) is 6.08. The molecular weight excluding hydrogens is 432 g/mol. The Kier molecular flexibility index (Phi) is 7.67. The summed E-state index contributed by atoms with van der Waals surface area (Å²) >= 11 is 0. The van der Waals surface area contributed by atoms with Crippen molar-refractivity contribution in [2.45, 2.75) is 64.1 Å². The molecule has 180 valence electrons.